The molecule has 0 bridgehead atoms. The van der Waals surface area contributed by atoms with Crippen molar-refractivity contribution in [3.8, 4) is 11.5 Å². The second kappa shape index (κ2) is 7.42. The van der Waals surface area contributed by atoms with E-state index in [1.54, 1.807) is 25.2 Å². The zero-order chi connectivity index (χ0) is 17.9. The molecule has 1 aromatic carbocycles. The van der Waals surface area contributed by atoms with Crippen molar-refractivity contribution in [2.45, 2.75) is 32.9 Å². The Labute approximate surface area is 143 Å². The Bertz CT molecular complexity index is 699. The van der Waals surface area contributed by atoms with E-state index in [2.05, 4.69) is 0 Å². The van der Waals surface area contributed by atoms with Gasteiger partial charge in [0, 0.05) is 18.5 Å². The highest BCUT2D eigenvalue weighted by Crippen LogP contribution is 2.29. The van der Waals surface area contributed by atoms with E-state index in [4.69, 9.17) is 9.47 Å². The molecule has 134 valence electrons. The summed E-state index contributed by atoms with van der Waals surface area (Å²) in [6, 6.07) is 5.21. The standard InChI is InChI=1S/C17H25NO5S/c1-12(2)17(19)18(14-7-8-24(20,21)11-14)10-13-5-6-15(22-3)16(9-13)23-4/h5-6,9,12,14H,7-8,10-11H2,1-4H3/t14-/m0/s1. The lowest BCUT2D eigenvalue weighted by atomic mass is 10.1. The number of sulfone groups is 1. The first kappa shape index (κ1) is 18.6. The number of methoxy groups -OCH3 is 2. The van der Waals surface area contributed by atoms with Gasteiger partial charge in [-0.3, -0.25) is 4.79 Å². The van der Waals surface area contributed by atoms with Gasteiger partial charge in [0.25, 0.3) is 0 Å². The third-order valence-electron chi connectivity index (χ3n) is 4.23. The minimum absolute atomic E-state index is 0.0353. The fraction of sp³-hybridized carbons (Fsp3) is 0.588. The van der Waals surface area contributed by atoms with E-state index < -0.39 is 9.84 Å². The minimum atomic E-state index is -3.05. The molecule has 1 fully saturated rings. The Morgan fingerprint density at radius 3 is 2.42 bits per heavy atom. The lowest BCUT2D eigenvalue weighted by Crippen LogP contribution is -2.42. The number of hydrogen-bond acceptors (Lipinski definition) is 5. The number of ether oxygens (including phenoxy) is 2. The summed E-state index contributed by atoms with van der Waals surface area (Å²) >= 11 is 0. The van der Waals surface area contributed by atoms with Crippen molar-refractivity contribution in [3.63, 3.8) is 0 Å². The highest BCUT2D eigenvalue weighted by atomic mass is 32.2. The SMILES string of the molecule is COc1ccc(CN(C(=O)C(C)C)[C@H]2CCS(=O)(=O)C2)cc1OC. The van der Waals surface area contributed by atoms with Gasteiger partial charge in [-0.25, -0.2) is 8.42 Å². The zero-order valence-corrected chi connectivity index (χ0v) is 15.4. The molecule has 1 aliphatic rings. The maximum atomic E-state index is 12.6. The van der Waals surface area contributed by atoms with E-state index in [0.29, 0.717) is 24.5 Å². The third kappa shape index (κ3) is 4.20. The molecule has 0 saturated carbocycles. The van der Waals surface area contributed by atoms with Crippen LogP contribution in [0.2, 0.25) is 0 Å². The lowest BCUT2D eigenvalue weighted by Gasteiger charge is -2.30. The van der Waals surface area contributed by atoms with E-state index in [0.717, 1.165) is 5.56 Å². The van der Waals surface area contributed by atoms with Crippen LogP contribution in [0.4, 0.5) is 0 Å². The average molecular weight is 355 g/mol. The molecule has 0 aliphatic carbocycles. The highest BCUT2D eigenvalue weighted by molar-refractivity contribution is 7.91. The second-order valence-corrected chi connectivity index (χ2v) is 8.60. The second-order valence-electron chi connectivity index (χ2n) is 6.37. The summed E-state index contributed by atoms with van der Waals surface area (Å²) in [7, 11) is 0.0687. The van der Waals surface area contributed by atoms with E-state index in [-0.39, 0.29) is 29.4 Å². The fourth-order valence-electron chi connectivity index (χ4n) is 2.92. The number of amides is 1. The van der Waals surface area contributed by atoms with Gasteiger partial charge in [0.05, 0.1) is 25.7 Å². The third-order valence-corrected chi connectivity index (χ3v) is 5.98. The summed E-state index contributed by atoms with van der Waals surface area (Å²) in [5, 5.41) is 0. The van der Waals surface area contributed by atoms with Crippen LogP contribution in [-0.4, -0.2) is 51.0 Å². The first-order valence-corrected chi connectivity index (χ1v) is 9.81. The van der Waals surface area contributed by atoms with Gasteiger partial charge in [-0.15, -0.1) is 0 Å². The largest absolute Gasteiger partial charge is 0.493 e. The average Bonchev–Trinajstić information content (AvgIpc) is 2.91. The molecule has 24 heavy (non-hydrogen) atoms. The number of rotatable bonds is 6. The Balaban J connectivity index is 2.27. The maximum absolute atomic E-state index is 12.6. The van der Waals surface area contributed by atoms with Crippen molar-refractivity contribution in [1.82, 2.24) is 4.90 Å². The van der Waals surface area contributed by atoms with Crippen LogP contribution in [0.15, 0.2) is 18.2 Å². The molecule has 1 aliphatic heterocycles. The molecule has 2 rings (SSSR count). The van der Waals surface area contributed by atoms with Gasteiger partial charge >= 0.3 is 0 Å². The monoisotopic (exact) mass is 355 g/mol. The van der Waals surface area contributed by atoms with Crippen LogP contribution < -0.4 is 9.47 Å². The summed E-state index contributed by atoms with van der Waals surface area (Å²) < 4.78 is 34.1. The molecule has 7 heteroatoms. The van der Waals surface area contributed by atoms with Crippen LogP contribution in [0.25, 0.3) is 0 Å². The van der Waals surface area contributed by atoms with Crippen molar-refractivity contribution in [2.75, 3.05) is 25.7 Å². The molecule has 0 spiro atoms. The predicted molar refractivity (Wildman–Crippen MR) is 92.0 cm³/mol. The Hall–Kier alpha value is -1.76. The van der Waals surface area contributed by atoms with Gasteiger partial charge in [0.2, 0.25) is 5.91 Å². The Morgan fingerprint density at radius 2 is 1.92 bits per heavy atom. The maximum Gasteiger partial charge on any atom is 0.225 e. The van der Waals surface area contributed by atoms with Crippen LogP contribution in [0.5, 0.6) is 11.5 Å². The number of carbonyl (C=O) groups is 1. The molecular weight excluding hydrogens is 330 g/mol. The Kier molecular flexibility index (Phi) is 5.74. The summed E-state index contributed by atoms with van der Waals surface area (Å²) in [5.41, 5.74) is 0.881. The molecule has 1 saturated heterocycles. The number of benzene rings is 1. The summed E-state index contributed by atoms with van der Waals surface area (Å²) in [5.74, 6) is 1.17. The van der Waals surface area contributed by atoms with Crippen LogP contribution in [0.1, 0.15) is 25.8 Å². The number of hydrogen-bond donors (Lipinski definition) is 0. The van der Waals surface area contributed by atoms with Crippen molar-refractivity contribution >= 4 is 15.7 Å². The van der Waals surface area contributed by atoms with Crippen molar-refractivity contribution < 1.29 is 22.7 Å². The first-order chi connectivity index (χ1) is 11.3. The number of nitrogens with zero attached hydrogens (tertiary/aromatic N) is 1. The van der Waals surface area contributed by atoms with Gasteiger partial charge in [0.1, 0.15) is 0 Å². The lowest BCUT2D eigenvalue weighted by molar-refractivity contribution is -0.137. The molecule has 0 N–H and O–H groups in total. The van der Waals surface area contributed by atoms with E-state index >= 15 is 0 Å². The van der Waals surface area contributed by atoms with Gasteiger partial charge in [-0.1, -0.05) is 19.9 Å². The first-order valence-electron chi connectivity index (χ1n) is 7.99. The summed E-state index contributed by atoms with van der Waals surface area (Å²) in [6.45, 7) is 4.01. The zero-order valence-electron chi connectivity index (χ0n) is 14.6. The topological polar surface area (TPSA) is 72.9 Å². The van der Waals surface area contributed by atoms with Crippen LogP contribution in [0, 0.1) is 5.92 Å². The molecule has 6 nitrogen and oxygen atoms in total. The van der Waals surface area contributed by atoms with Gasteiger partial charge < -0.3 is 14.4 Å². The van der Waals surface area contributed by atoms with Gasteiger partial charge in [-0.2, -0.15) is 0 Å². The quantitative estimate of drug-likeness (QED) is 0.779. The fourth-order valence-corrected chi connectivity index (χ4v) is 4.65. The predicted octanol–water partition coefficient (Wildman–Crippen LogP) is 1.88. The highest BCUT2D eigenvalue weighted by Gasteiger charge is 2.35. The molecule has 0 radical (unpaired) electrons. The smallest absolute Gasteiger partial charge is 0.225 e. The number of carbonyl (C=O) groups excluding carboxylic acids is 1. The van der Waals surface area contributed by atoms with Crippen LogP contribution >= 0.6 is 0 Å². The molecular formula is C17H25NO5S. The van der Waals surface area contributed by atoms with E-state index in [9.17, 15) is 13.2 Å². The Morgan fingerprint density at radius 1 is 1.25 bits per heavy atom. The molecule has 0 unspecified atom stereocenters. The molecule has 0 aromatic heterocycles. The molecule has 1 amide bonds. The normalized spacial score (nSPS) is 19.3. The van der Waals surface area contributed by atoms with E-state index in [1.807, 2.05) is 26.0 Å². The van der Waals surface area contributed by atoms with Crippen molar-refractivity contribution in [2.24, 2.45) is 5.92 Å². The van der Waals surface area contributed by atoms with Crippen LogP contribution in [0.3, 0.4) is 0 Å². The summed E-state index contributed by atoms with van der Waals surface area (Å²) in [6.07, 6.45) is 0.494. The summed E-state index contributed by atoms with van der Waals surface area (Å²) in [4.78, 5) is 14.3. The van der Waals surface area contributed by atoms with Crippen LogP contribution in [-0.2, 0) is 21.2 Å². The van der Waals surface area contributed by atoms with E-state index in [1.165, 1.54) is 0 Å². The molecule has 1 atom stereocenters. The van der Waals surface area contributed by atoms with Crippen molar-refractivity contribution in [1.29, 1.82) is 0 Å². The molecule has 1 heterocycles. The van der Waals surface area contributed by atoms with Gasteiger partial charge in [0.15, 0.2) is 21.3 Å². The molecule has 1 aromatic rings. The van der Waals surface area contributed by atoms with Crippen molar-refractivity contribution in [3.05, 3.63) is 23.8 Å². The van der Waals surface area contributed by atoms with Gasteiger partial charge in [-0.05, 0) is 24.1 Å². The minimum Gasteiger partial charge on any atom is -0.493 e.